The topological polar surface area (TPSA) is 77.2 Å². The fourth-order valence-corrected chi connectivity index (χ4v) is 3.02. The van der Waals surface area contributed by atoms with Crippen LogP contribution >= 0.6 is 0 Å². The summed E-state index contributed by atoms with van der Waals surface area (Å²) in [4.78, 5) is 23.6. The fraction of sp³-hybridized carbons (Fsp3) is 0.533. The normalized spacial score (nSPS) is 18.9. The number of piperidine rings is 1. The molecule has 1 amide bonds. The van der Waals surface area contributed by atoms with Crippen LogP contribution in [0.25, 0.3) is 11.0 Å². The number of hydrazine groups is 1. The van der Waals surface area contributed by atoms with Gasteiger partial charge in [-0.3, -0.25) is 9.80 Å². The second kappa shape index (κ2) is 7.08. The van der Waals surface area contributed by atoms with Crippen molar-refractivity contribution in [1.29, 1.82) is 0 Å². The first-order valence-corrected chi connectivity index (χ1v) is 7.89. The Morgan fingerprint density at radius 1 is 1.54 bits per heavy atom. The summed E-state index contributed by atoms with van der Waals surface area (Å²) >= 11 is 0. The van der Waals surface area contributed by atoms with Crippen molar-refractivity contribution in [2.24, 2.45) is 5.92 Å². The number of nitrogens with zero attached hydrogens (tertiary/aromatic N) is 4. The zero-order valence-electron chi connectivity index (χ0n) is 13.4. The summed E-state index contributed by atoms with van der Waals surface area (Å²) in [5, 5.41) is 7.13. The van der Waals surface area contributed by atoms with Gasteiger partial charge in [0.25, 0.3) is 6.43 Å². The molecule has 1 fully saturated rings. The van der Waals surface area contributed by atoms with Crippen LogP contribution < -0.4 is 10.3 Å². The van der Waals surface area contributed by atoms with E-state index in [1.54, 1.807) is 6.20 Å². The molecule has 0 spiro atoms. The SMILES string of the molecule is CN(c1ncnc2[nH]ccc12)N1CCC[C@@H](C(=O)NCC(F)F)C1. The maximum Gasteiger partial charge on any atom is 0.255 e. The zero-order chi connectivity index (χ0) is 17.1. The molecule has 1 atom stereocenters. The zero-order valence-corrected chi connectivity index (χ0v) is 13.4. The van der Waals surface area contributed by atoms with Crippen molar-refractivity contribution in [2.75, 3.05) is 31.7 Å². The lowest BCUT2D eigenvalue weighted by Crippen LogP contribution is -2.50. The predicted octanol–water partition coefficient (Wildman–Crippen LogP) is 1.40. The number of aromatic amines is 1. The van der Waals surface area contributed by atoms with Gasteiger partial charge in [-0.1, -0.05) is 0 Å². The van der Waals surface area contributed by atoms with E-state index in [0.717, 1.165) is 29.8 Å². The van der Waals surface area contributed by atoms with Gasteiger partial charge in [-0.15, -0.1) is 0 Å². The fourth-order valence-electron chi connectivity index (χ4n) is 3.02. The van der Waals surface area contributed by atoms with Gasteiger partial charge in [0.1, 0.15) is 12.0 Å². The van der Waals surface area contributed by atoms with Crippen LogP contribution in [0.2, 0.25) is 0 Å². The first kappa shape index (κ1) is 16.6. The molecule has 1 saturated heterocycles. The van der Waals surface area contributed by atoms with E-state index in [1.165, 1.54) is 6.33 Å². The molecule has 0 radical (unpaired) electrons. The average Bonchev–Trinajstić information content (AvgIpc) is 3.07. The first-order valence-electron chi connectivity index (χ1n) is 7.89. The molecule has 0 bridgehead atoms. The van der Waals surface area contributed by atoms with E-state index in [1.807, 2.05) is 23.1 Å². The van der Waals surface area contributed by atoms with Gasteiger partial charge in [-0.05, 0) is 18.9 Å². The van der Waals surface area contributed by atoms with Crippen LogP contribution in [-0.2, 0) is 4.79 Å². The molecule has 0 unspecified atom stereocenters. The quantitative estimate of drug-likeness (QED) is 0.862. The van der Waals surface area contributed by atoms with Crippen molar-refractivity contribution in [2.45, 2.75) is 19.3 Å². The van der Waals surface area contributed by atoms with Crippen LogP contribution in [0.3, 0.4) is 0 Å². The van der Waals surface area contributed by atoms with E-state index in [4.69, 9.17) is 0 Å². The van der Waals surface area contributed by atoms with Crippen molar-refractivity contribution in [3.8, 4) is 0 Å². The van der Waals surface area contributed by atoms with Crippen LogP contribution in [0.5, 0.6) is 0 Å². The monoisotopic (exact) mass is 338 g/mol. The second-order valence-corrected chi connectivity index (χ2v) is 5.85. The largest absolute Gasteiger partial charge is 0.350 e. The van der Waals surface area contributed by atoms with Crippen LogP contribution in [0.1, 0.15) is 12.8 Å². The molecule has 0 aromatic carbocycles. The van der Waals surface area contributed by atoms with Crippen molar-refractivity contribution in [3.63, 3.8) is 0 Å². The molecule has 24 heavy (non-hydrogen) atoms. The average molecular weight is 338 g/mol. The highest BCUT2D eigenvalue weighted by Gasteiger charge is 2.29. The number of hydrogen-bond acceptors (Lipinski definition) is 5. The summed E-state index contributed by atoms with van der Waals surface area (Å²) in [7, 11) is 1.88. The number of fused-ring (bicyclic) bond motifs is 1. The van der Waals surface area contributed by atoms with Crippen LogP contribution in [0, 0.1) is 5.92 Å². The molecule has 2 aromatic heterocycles. The number of rotatable bonds is 5. The lowest BCUT2D eigenvalue weighted by atomic mass is 9.98. The second-order valence-electron chi connectivity index (χ2n) is 5.85. The maximum atomic E-state index is 12.3. The molecule has 2 N–H and O–H groups in total. The van der Waals surface area contributed by atoms with Crippen LogP contribution in [0.4, 0.5) is 14.6 Å². The number of anilines is 1. The van der Waals surface area contributed by atoms with Crippen LogP contribution in [0.15, 0.2) is 18.6 Å². The third-order valence-corrected chi connectivity index (χ3v) is 4.27. The van der Waals surface area contributed by atoms with E-state index in [2.05, 4.69) is 20.3 Å². The third kappa shape index (κ3) is 3.45. The van der Waals surface area contributed by atoms with Gasteiger partial charge >= 0.3 is 0 Å². The Morgan fingerprint density at radius 2 is 2.38 bits per heavy atom. The molecule has 7 nitrogen and oxygen atoms in total. The summed E-state index contributed by atoms with van der Waals surface area (Å²) in [6.45, 7) is 0.660. The minimum atomic E-state index is -2.53. The number of amides is 1. The lowest BCUT2D eigenvalue weighted by Gasteiger charge is -2.38. The maximum absolute atomic E-state index is 12.3. The highest BCUT2D eigenvalue weighted by Crippen LogP contribution is 2.25. The van der Waals surface area contributed by atoms with Crippen molar-refractivity contribution in [3.05, 3.63) is 18.6 Å². The highest BCUT2D eigenvalue weighted by atomic mass is 19.3. The number of carbonyl (C=O) groups excluding carboxylic acids is 1. The van der Waals surface area contributed by atoms with E-state index >= 15 is 0 Å². The van der Waals surface area contributed by atoms with Crippen molar-refractivity contribution in [1.82, 2.24) is 25.3 Å². The molecule has 1 aliphatic heterocycles. The molecule has 0 aliphatic carbocycles. The molecule has 0 saturated carbocycles. The van der Waals surface area contributed by atoms with Gasteiger partial charge in [0.2, 0.25) is 5.91 Å². The van der Waals surface area contributed by atoms with E-state index < -0.39 is 13.0 Å². The van der Waals surface area contributed by atoms with Crippen molar-refractivity contribution < 1.29 is 13.6 Å². The molecular formula is C15H20F2N6O. The summed E-state index contributed by atoms with van der Waals surface area (Å²) < 4.78 is 24.5. The molecule has 130 valence electrons. The number of halogens is 2. The van der Waals surface area contributed by atoms with Gasteiger partial charge in [-0.25, -0.2) is 23.8 Å². The number of nitrogens with one attached hydrogen (secondary N) is 2. The van der Waals surface area contributed by atoms with Gasteiger partial charge in [0.05, 0.1) is 17.8 Å². The summed E-state index contributed by atoms with van der Waals surface area (Å²) in [5.41, 5.74) is 0.745. The smallest absolute Gasteiger partial charge is 0.255 e. The number of carbonyl (C=O) groups is 1. The Kier molecular flexibility index (Phi) is 4.89. The first-order chi connectivity index (χ1) is 11.6. The van der Waals surface area contributed by atoms with Gasteiger partial charge in [-0.2, -0.15) is 0 Å². The Morgan fingerprint density at radius 3 is 3.17 bits per heavy atom. The van der Waals surface area contributed by atoms with E-state index in [-0.39, 0.29) is 11.8 Å². The third-order valence-electron chi connectivity index (χ3n) is 4.27. The molecule has 9 heteroatoms. The van der Waals surface area contributed by atoms with Gasteiger partial charge < -0.3 is 10.3 Å². The van der Waals surface area contributed by atoms with Gasteiger partial charge in [0.15, 0.2) is 5.82 Å². The number of hydrogen-bond donors (Lipinski definition) is 2. The Balaban J connectivity index is 1.70. The van der Waals surface area contributed by atoms with E-state index in [9.17, 15) is 13.6 Å². The lowest BCUT2D eigenvalue weighted by molar-refractivity contribution is -0.127. The summed E-state index contributed by atoms with van der Waals surface area (Å²) in [6.07, 6.45) is 2.27. The molecule has 3 rings (SSSR count). The molecule has 1 aliphatic rings. The standard InChI is InChI=1S/C15H20F2N6O/c1-22(14-11-4-5-18-13(11)20-9-21-14)23-6-2-3-10(8-23)15(24)19-7-12(16)17/h4-5,9-10,12H,2-3,6-8H2,1H3,(H,19,24)(H,18,20,21)/t10-/m1/s1. The number of alkyl halides is 2. The summed E-state index contributed by atoms with van der Waals surface area (Å²) in [6, 6.07) is 1.90. The molecular weight excluding hydrogens is 318 g/mol. The Bertz CT molecular complexity index is 706. The molecule has 3 heterocycles. The molecule has 2 aromatic rings. The van der Waals surface area contributed by atoms with E-state index in [0.29, 0.717) is 13.0 Å². The minimum Gasteiger partial charge on any atom is -0.350 e. The number of aromatic nitrogens is 3. The predicted molar refractivity (Wildman–Crippen MR) is 85.6 cm³/mol. The Labute approximate surface area is 138 Å². The van der Waals surface area contributed by atoms with Gasteiger partial charge in [0, 0.05) is 26.3 Å². The van der Waals surface area contributed by atoms with Crippen LogP contribution in [-0.4, -0.2) is 59.0 Å². The highest BCUT2D eigenvalue weighted by molar-refractivity contribution is 5.87. The number of H-pyrrole nitrogens is 1. The Hall–Kier alpha value is -2.29. The van der Waals surface area contributed by atoms with Crippen molar-refractivity contribution >= 4 is 22.8 Å². The minimum absolute atomic E-state index is 0.302. The summed E-state index contributed by atoms with van der Waals surface area (Å²) in [5.74, 6) is 0.126.